The Morgan fingerprint density at radius 1 is 1.40 bits per heavy atom. The lowest BCUT2D eigenvalue weighted by Gasteiger charge is -2.31. The van der Waals surface area contributed by atoms with Crippen molar-refractivity contribution in [3.8, 4) is 0 Å². The number of aryl methyl sites for hydroxylation is 1. The van der Waals surface area contributed by atoms with Gasteiger partial charge in [-0.3, -0.25) is 14.6 Å². The molecule has 1 saturated heterocycles. The van der Waals surface area contributed by atoms with Gasteiger partial charge in [0.2, 0.25) is 5.91 Å². The summed E-state index contributed by atoms with van der Waals surface area (Å²) in [6.45, 7) is 9.74. The summed E-state index contributed by atoms with van der Waals surface area (Å²) in [6.07, 6.45) is 0. The lowest BCUT2D eigenvalue weighted by molar-refractivity contribution is -0.115. The largest absolute Gasteiger partial charge is 0.312 e. The Hall–Kier alpha value is -1.47. The summed E-state index contributed by atoms with van der Waals surface area (Å²) in [5, 5.41) is 6.25. The average Bonchev–Trinajstić information content (AvgIpc) is 2.97. The molecule has 7 heteroatoms. The summed E-state index contributed by atoms with van der Waals surface area (Å²) >= 11 is 1.53. The number of amides is 1. The Kier molecular flexibility index (Phi) is 6.95. The van der Waals surface area contributed by atoms with E-state index in [1.165, 1.54) is 16.9 Å². The summed E-state index contributed by atoms with van der Waals surface area (Å²) < 4.78 is 0. The predicted octanol–water partition coefficient (Wildman–Crippen LogP) is 3.35. The van der Waals surface area contributed by atoms with Crippen LogP contribution in [0.25, 0.3) is 0 Å². The summed E-state index contributed by atoms with van der Waals surface area (Å²) in [5.74, 6) is -0.0180. The molecule has 3 rings (SSSR count). The van der Waals surface area contributed by atoms with E-state index in [2.05, 4.69) is 22.5 Å². The van der Waals surface area contributed by atoms with Gasteiger partial charge in [-0.05, 0) is 26.0 Å². The SMILES string of the molecule is CC(=O)N(c1ccc(C)cc1)c1nc(CN2CCN[C@@H](C)C2)cs1.Cl. The van der Waals surface area contributed by atoms with Crippen LogP contribution in [0.5, 0.6) is 0 Å². The molecule has 0 bridgehead atoms. The number of nitrogens with one attached hydrogen (secondary N) is 1. The minimum Gasteiger partial charge on any atom is -0.312 e. The molecule has 1 fully saturated rings. The van der Waals surface area contributed by atoms with Crippen molar-refractivity contribution in [2.75, 3.05) is 24.5 Å². The minimum absolute atomic E-state index is 0. The Morgan fingerprint density at radius 3 is 2.76 bits per heavy atom. The highest BCUT2D eigenvalue weighted by molar-refractivity contribution is 7.14. The molecule has 2 heterocycles. The Morgan fingerprint density at radius 2 is 2.12 bits per heavy atom. The van der Waals surface area contributed by atoms with Crippen LogP contribution in [0.1, 0.15) is 25.1 Å². The van der Waals surface area contributed by atoms with Crippen LogP contribution in [0.4, 0.5) is 10.8 Å². The lowest BCUT2D eigenvalue weighted by atomic mass is 10.2. The van der Waals surface area contributed by atoms with Gasteiger partial charge in [0.25, 0.3) is 0 Å². The van der Waals surface area contributed by atoms with Crippen molar-refractivity contribution in [3.63, 3.8) is 0 Å². The van der Waals surface area contributed by atoms with E-state index in [1.54, 1.807) is 11.8 Å². The van der Waals surface area contributed by atoms with E-state index in [0.717, 1.165) is 42.7 Å². The van der Waals surface area contributed by atoms with Crippen LogP contribution in [0, 0.1) is 6.92 Å². The molecule has 1 aromatic carbocycles. The van der Waals surface area contributed by atoms with Crippen LogP contribution in [0.3, 0.4) is 0 Å². The molecule has 1 aromatic heterocycles. The molecule has 1 aliphatic heterocycles. The number of benzene rings is 1. The van der Waals surface area contributed by atoms with Gasteiger partial charge < -0.3 is 5.32 Å². The van der Waals surface area contributed by atoms with E-state index in [4.69, 9.17) is 4.98 Å². The molecule has 136 valence electrons. The maximum atomic E-state index is 12.1. The second kappa shape index (κ2) is 8.76. The number of carbonyl (C=O) groups is 1. The monoisotopic (exact) mass is 380 g/mol. The summed E-state index contributed by atoms with van der Waals surface area (Å²) in [5.41, 5.74) is 3.07. The van der Waals surface area contributed by atoms with E-state index in [1.807, 2.05) is 31.2 Å². The van der Waals surface area contributed by atoms with Crippen LogP contribution in [-0.4, -0.2) is 41.5 Å². The molecule has 0 saturated carbocycles. The lowest BCUT2D eigenvalue weighted by Crippen LogP contribution is -2.48. The van der Waals surface area contributed by atoms with Gasteiger partial charge in [-0.2, -0.15) is 0 Å². The number of anilines is 2. The molecular weight excluding hydrogens is 356 g/mol. The van der Waals surface area contributed by atoms with E-state index in [-0.39, 0.29) is 18.3 Å². The highest BCUT2D eigenvalue weighted by Crippen LogP contribution is 2.29. The molecular formula is C18H25ClN4OS. The number of piperazine rings is 1. The number of hydrogen-bond acceptors (Lipinski definition) is 5. The highest BCUT2D eigenvalue weighted by Gasteiger charge is 2.20. The number of thiazole rings is 1. The standard InChI is InChI=1S/C18H24N4OS.ClH/c1-13-4-6-17(7-5-13)22(15(3)23)18-20-16(12-24-18)11-21-9-8-19-14(2)10-21;/h4-7,12,14,19H,8-11H2,1-3H3;1H/t14-;/m0./s1. The van der Waals surface area contributed by atoms with Gasteiger partial charge in [-0.15, -0.1) is 23.7 Å². The Labute approximate surface area is 159 Å². The van der Waals surface area contributed by atoms with Gasteiger partial charge in [-0.25, -0.2) is 4.98 Å². The van der Waals surface area contributed by atoms with E-state index in [9.17, 15) is 4.79 Å². The van der Waals surface area contributed by atoms with Gasteiger partial charge in [0.05, 0.1) is 11.4 Å². The first-order chi connectivity index (χ1) is 11.5. The summed E-state index contributed by atoms with van der Waals surface area (Å²) in [6, 6.07) is 8.48. The van der Waals surface area contributed by atoms with Crippen LogP contribution >= 0.6 is 23.7 Å². The van der Waals surface area contributed by atoms with Crippen LogP contribution in [-0.2, 0) is 11.3 Å². The maximum Gasteiger partial charge on any atom is 0.230 e. The van der Waals surface area contributed by atoms with Crippen molar-refractivity contribution in [2.24, 2.45) is 0 Å². The molecule has 1 aliphatic rings. The molecule has 1 amide bonds. The number of hydrogen-bond donors (Lipinski definition) is 1. The molecule has 0 spiro atoms. The van der Waals surface area contributed by atoms with Crippen molar-refractivity contribution in [3.05, 3.63) is 40.9 Å². The molecule has 5 nitrogen and oxygen atoms in total. The molecule has 25 heavy (non-hydrogen) atoms. The molecule has 0 unspecified atom stereocenters. The van der Waals surface area contributed by atoms with Gasteiger partial charge in [0.15, 0.2) is 5.13 Å². The van der Waals surface area contributed by atoms with E-state index >= 15 is 0 Å². The van der Waals surface area contributed by atoms with Gasteiger partial charge in [0, 0.05) is 44.5 Å². The molecule has 1 N–H and O–H groups in total. The number of halogens is 1. The third kappa shape index (κ3) is 5.01. The highest BCUT2D eigenvalue weighted by atomic mass is 35.5. The second-order valence-electron chi connectivity index (χ2n) is 6.40. The number of carbonyl (C=O) groups excluding carboxylic acids is 1. The van der Waals surface area contributed by atoms with Crippen molar-refractivity contribution >= 4 is 40.5 Å². The van der Waals surface area contributed by atoms with Crippen LogP contribution < -0.4 is 10.2 Å². The van der Waals surface area contributed by atoms with Crippen LogP contribution in [0.2, 0.25) is 0 Å². The minimum atomic E-state index is -0.0180. The second-order valence-corrected chi connectivity index (χ2v) is 7.24. The third-order valence-corrected chi connectivity index (χ3v) is 5.05. The number of nitrogens with zero attached hydrogens (tertiary/aromatic N) is 3. The molecule has 1 atom stereocenters. The van der Waals surface area contributed by atoms with Crippen molar-refractivity contribution in [1.82, 2.24) is 15.2 Å². The zero-order valence-electron chi connectivity index (χ0n) is 14.9. The summed E-state index contributed by atoms with van der Waals surface area (Å²) in [7, 11) is 0. The third-order valence-electron chi connectivity index (χ3n) is 4.18. The maximum absolute atomic E-state index is 12.1. The van der Waals surface area contributed by atoms with Gasteiger partial charge in [-0.1, -0.05) is 17.7 Å². The topological polar surface area (TPSA) is 48.5 Å². The zero-order valence-corrected chi connectivity index (χ0v) is 16.5. The molecule has 0 radical (unpaired) electrons. The van der Waals surface area contributed by atoms with Crippen molar-refractivity contribution in [1.29, 1.82) is 0 Å². The van der Waals surface area contributed by atoms with Crippen LogP contribution in [0.15, 0.2) is 29.6 Å². The quantitative estimate of drug-likeness (QED) is 0.883. The zero-order chi connectivity index (χ0) is 17.1. The predicted molar refractivity (Wildman–Crippen MR) is 106 cm³/mol. The van der Waals surface area contributed by atoms with Crippen molar-refractivity contribution < 1.29 is 4.79 Å². The fourth-order valence-electron chi connectivity index (χ4n) is 2.98. The fourth-order valence-corrected chi connectivity index (χ4v) is 3.86. The number of rotatable bonds is 4. The first-order valence-corrected chi connectivity index (χ1v) is 9.18. The summed E-state index contributed by atoms with van der Waals surface area (Å²) in [4.78, 5) is 21.0. The molecule has 0 aliphatic carbocycles. The molecule has 2 aromatic rings. The van der Waals surface area contributed by atoms with Crippen molar-refractivity contribution in [2.45, 2.75) is 33.4 Å². The Bertz CT molecular complexity index is 703. The fraction of sp³-hybridized carbons (Fsp3) is 0.444. The first-order valence-electron chi connectivity index (χ1n) is 8.30. The smallest absolute Gasteiger partial charge is 0.230 e. The van der Waals surface area contributed by atoms with E-state index < -0.39 is 0 Å². The van der Waals surface area contributed by atoms with Gasteiger partial charge in [0.1, 0.15) is 0 Å². The Balaban J connectivity index is 0.00000225. The van der Waals surface area contributed by atoms with Gasteiger partial charge >= 0.3 is 0 Å². The first kappa shape index (κ1) is 19.8. The van der Waals surface area contributed by atoms with E-state index in [0.29, 0.717) is 6.04 Å². The normalized spacial score (nSPS) is 17.8. The number of aromatic nitrogens is 1. The average molecular weight is 381 g/mol.